The number of amides is 1. The van der Waals surface area contributed by atoms with E-state index in [2.05, 4.69) is 29.0 Å². The second-order valence-corrected chi connectivity index (χ2v) is 5.31. The van der Waals surface area contributed by atoms with Crippen LogP contribution in [0.25, 0.3) is 0 Å². The molecule has 0 saturated heterocycles. The lowest BCUT2D eigenvalue weighted by Crippen LogP contribution is -2.41. The quantitative estimate of drug-likeness (QED) is 0.856. The fraction of sp³-hybridized carbons (Fsp3) is 0.571. The normalized spacial score (nSPS) is 12.8. The molecule has 1 unspecified atom stereocenters. The summed E-state index contributed by atoms with van der Waals surface area (Å²) in [5.41, 5.74) is 0.0389. The summed E-state index contributed by atoms with van der Waals surface area (Å²) in [4.78, 5) is 17.6. The molecule has 0 aliphatic rings. The van der Waals surface area contributed by atoms with Gasteiger partial charge < -0.3 is 10.2 Å². The Balaban J connectivity index is 2.60. The fourth-order valence-electron chi connectivity index (χ4n) is 1.89. The maximum atomic E-state index is 13.4. The molecule has 0 radical (unpaired) electrons. The van der Waals surface area contributed by atoms with Crippen LogP contribution in [0.3, 0.4) is 0 Å². The number of nitrogens with one attached hydrogen (secondary N) is 1. The van der Waals surface area contributed by atoms with Gasteiger partial charge in [0.15, 0.2) is 5.82 Å². The molecule has 5 heteroatoms. The van der Waals surface area contributed by atoms with Crippen LogP contribution in [0.2, 0.25) is 0 Å². The zero-order valence-electron chi connectivity index (χ0n) is 12.0. The standard InChI is InChI=1S/C14H22FN3O/c1-10(2)7-11(18(3)4)8-17-14(19)12-5-6-16-9-13(12)15/h5-6,9-11H,7-8H2,1-4H3,(H,17,19). The van der Waals surface area contributed by atoms with Gasteiger partial charge in [0.25, 0.3) is 5.91 Å². The Morgan fingerprint density at radius 1 is 1.47 bits per heavy atom. The Morgan fingerprint density at radius 2 is 2.16 bits per heavy atom. The van der Waals surface area contributed by atoms with E-state index in [1.165, 1.54) is 12.3 Å². The average Bonchev–Trinajstić information content (AvgIpc) is 2.34. The van der Waals surface area contributed by atoms with Crippen molar-refractivity contribution in [3.05, 3.63) is 29.8 Å². The Morgan fingerprint density at radius 3 is 2.68 bits per heavy atom. The Labute approximate surface area is 114 Å². The molecular weight excluding hydrogens is 245 g/mol. The number of hydrogen-bond donors (Lipinski definition) is 1. The van der Waals surface area contributed by atoms with Crippen molar-refractivity contribution in [1.29, 1.82) is 0 Å². The third-order valence-corrected chi connectivity index (χ3v) is 2.99. The average molecular weight is 267 g/mol. The van der Waals surface area contributed by atoms with Crippen molar-refractivity contribution in [2.24, 2.45) is 5.92 Å². The van der Waals surface area contributed by atoms with Crippen LogP contribution in [-0.2, 0) is 0 Å². The van der Waals surface area contributed by atoms with Crippen LogP contribution in [-0.4, -0.2) is 42.5 Å². The molecule has 1 rings (SSSR count). The molecule has 1 aromatic rings. The molecule has 0 aliphatic heterocycles. The van der Waals surface area contributed by atoms with Gasteiger partial charge in [-0.25, -0.2) is 4.39 Å². The van der Waals surface area contributed by atoms with E-state index >= 15 is 0 Å². The van der Waals surface area contributed by atoms with E-state index in [-0.39, 0.29) is 11.6 Å². The van der Waals surface area contributed by atoms with Crippen molar-refractivity contribution >= 4 is 5.91 Å². The van der Waals surface area contributed by atoms with E-state index in [4.69, 9.17) is 0 Å². The predicted molar refractivity (Wildman–Crippen MR) is 73.5 cm³/mol. The van der Waals surface area contributed by atoms with Gasteiger partial charge in [-0.2, -0.15) is 0 Å². The topological polar surface area (TPSA) is 45.2 Å². The minimum Gasteiger partial charge on any atom is -0.350 e. The molecule has 0 spiro atoms. The first-order chi connectivity index (χ1) is 8.91. The van der Waals surface area contributed by atoms with E-state index in [0.717, 1.165) is 12.6 Å². The largest absolute Gasteiger partial charge is 0.350 e. The van der Waals surface area contributed by atoms with Crippen LogP contribution in [0.5, 0.6) is 0 Å². The summed E-state index contributed by atoms with van der Waals surface area (Å²) in [5, 5.41) is 2.78. The second-order valence-electron chi connectivity index (χ2n) is 5.31. The van der Waals surface area contributed by atoms with E-state index in [1.807, 2.05) is 14.1 Å². The van der Waals surface area contributed by atoms with Crippen LogP contribution in [0.4, 0.5) is 4.39 Å². The van der Waals surface area contributed by atoms with Crippen molar-refractivity contribution < 1.29 is 9.18 Å². The highest BCUT2D eigenvalue weighted by Gasteiger charge is 2.16. The zero-order chi connectivity index (χ0) is 14.4. The highest BCUT2D eigenvalue weighted by molar-refractivity contribution is 5.94. The molecule has 4 nitrogen and oxygen atoms in total. The summed E-state index contributed by atoms with van der Waals surface area (Å²) in [5.74, 6) is -0.442. The lowest BCUT2D eigenvalue weighted by Gasteiger charge is -2.26. The minimum absolute atomic E-state index is 0.0389. The number of halogens is 1. The summed E-state index contributed by atoms with van der Waals surface area (Å²) in [6.45, 7) is 4.79. The summed E-state index contributed by atoms with van der Waals surface area (Å²) in [6.07, 6.45) is 3.44. The highest BCUT2D eigenvalue weighted by Crippen LogP contribution is 2.09. The number of rotatable bonds is 6. The van der Waals surface area contributed by atoms with Crippen molar-refractivity contribution in [3.63, 3.8) is 0 Å². The third kappa shape index (κ3) is 4.95. The number of hydrogen-bond acceptors (Lipinski definition) is 3. The van der Waals surface area contributed by atoms with Crippen LogP contribution in [0.1, 0.15) is 30.6 Å². The molecular formula is C14H22FN3O. The molecule has 0 aromatic carbocycles. The molecule has 1 atom stereocenters. The summed E-state index contributed by atoms with van der Waals surface area (Å²) in [7, 11) is 3.96. The second kappa shape index (κ2) is 7.19. The Bertz CT molecular complexity index is 421. The lowest BCUT2D eigenvalue weighted by molar-refractivity contribution is 0.0934. The number of likely N-dealkylation sites (N-methyl/N-ethyl adjacent to an activating group) is 1. The predicted octanol–water partition coefficient (Wildman–Crippen LogP) is 1.93. The molecule has 106 valence electrons. The lowest BCUT2D eigenvalue weighted by atomic mass is 10.0. The SMILES string of the molecule is CC(C)CC(CNC(=O)c1ccncc1F)N(C)C. The van der Waals surface area contributed by atoms with Crippen LogP contribution < -0.4 is 5.32 Å². The maximum absolute atomic E-state index is 13.4. The van der Waals surface area contributed by atoms with E-state index in [1.54, 1.807) is 0 Å². The van der Waals surface area contributed by atoms with Gasteiger partial charge in [0, 0.05) is 18.8 Å². The molecule has 1 heterocycles. The molecule has 0 saturated carbocycles. The van der Waals surface area contributed by atoms with Crippen molar-refractivity contribution in [2.75, 3.05) is 20.6 Å². The van der Waals surface area contributed by atoms with E-state index in [0.29, 0.717) is 12.5 Å². The van der Waals surface area contributed by atoms with Crippen molar-refractivity contribution in [3.8, 4) is 0 Å². The Kier molecular flexibility index (Phi) is 5.89. The molecule has 19 heavy (non-hydrogen) atoms. The summed E-state index contributed by atoms with van der Waals surface area (Å²) in [6, 6.07) is 1.63. The summed E-state index contributed by atoms with van der Waals surface area (Å²) >= 11 is 0. The number of aromatic nitrogens is 1. The number of carbonyl (C=O) groups is 1. The van der Waals surface area contributed by atoms with Gasteiger partial charge in [-0.3, -0.25) is 9.78 Å². The van der Waals surface area contributed by atoms with Crippen LogP contribution in [0, 0.1) is 11.7 Å². The van der Waals surface area contributed by atoms with Crippen LogP contribution >= 0.6 is 0 Å². The van der Waals surface area contributed by atoms with Gasteiger partial charge in [-0.1, -0.05) is 13.8 Å². The number of nitrogens with zero attached hydrogens (tertiary/aromatic N) is 2. The zero-order valence-corrected chi connectivity index (χ0v) is 12.0. The minimum atomic E-state index is -0.592. The molecule has 0 aliphatic carbocycles. The maximum Gasteiger partial charge on any atom is 0.254 e. The first-order valence-corrected chi connectivity index (χ1v) is 6.46. The van der Waals surface area contributed by atoms with Gasteiger partial charge in [-0.05, 0) is 32.5 Å². The summed E-state index contributed by atoms with van der Waals surface area (Å²) < 4.78 is 13.4. The van der Waals surface area contributed by atoms with E-state index in [9.17, 15) is 9.18 Å². The van der Waals surface area contributed by atoms with Gasteiger partial charge in [0.05, 0.1) is 11.8 Å². The first-order valence-electron chi connectivity index (χ1n) is 6.46. The van der Waals surface area contributed by atoms with E-state index < -0.39 is 11.7 Å². The molecule has 1 aromatic heterocycles. The van der Waals surface area contributed by atoms with Gasteiger partial charge >= 0.3 is 0 Å². The third-order valence-electron chi connectivity index (χ3n) is 2.99. The molecule has 1 amide bonds. The van der Waals surface area contributed by atoms with Crippen molar-refractivity contribution in [1.82, 2.24) is 15.2 Å². The number of carbonyl (C=O) groups excluding carboxylic acids is 1. The van der Waals surface area contributed by atoms with Gasteiger partial charge in [-0.15, -0.1) is 0 Å². The smallest absolute Gasteiger partial charge is 0.254 e. The number of pyridine rings is 1. The van der Waals surface area contributed by atoms with Gasteiger partial charge in [0.1, 0.15) is 0 Å². The Hall–Kier alpha value is -1.49. The molecule has 1 N–H and O–H groups in total. The monoisotopic (exact) mass is 267 g/mol. The molecule has 0 fully saturated rings. The highest BCUT2D eigenvalue weighted by atomic mass is 19.1. The van der Waals surface area contributed by atoms with Crippen LogP contribution in [0.15, 0.2) is 18.5 Å². The van der Waals surface area contributed by atoms with Crippen molar-refractivity contribution in [2.45, 2.75) is 26.3 Å². The molecule has 0 bridgehead atoms. The fourth-order valence-corrected chi connectivity index (χ4v) is 1.89. The first kappa shape index (κ1) is 15.6. The van der Waals surface area contributed by atoms with Gasteiger partial charge in [0.2, 0.25) is 0 Å².